The third kappa shape index (κ3) is 5.04. The summed E-state index contributed by atoms with van der Waals surface area (Å²) in [4.78, 5) is 24.3. The molecule has 0 bridgehead atoms. The second-order valence-electron chi connectivity index (χ2n) is 6.48. The van der Waals surface area contributed by atoms with E-state index in [-0.39, 0.29) is 16.6 Å². The number of benzene rings is 1. The normalized spacial score (nSPS) is 16.4. The van der Waals surface area contributed by atoms with E-state index in [1.165, 1.54) is 19.9 Å². The van der Waals surface area contributed by atoms with E-state index in [2.05, 4.69) is 10.6 Å². The summed E-state index contributed by atoms with van der Waals surface area (Å²) >= 11 is 0. The highest BCUT2D eigenvalue weighted by Crippen LogP contribution is 2.34. The second kappa shape index (κ2) is 8.47. The van der Waals surface area contributed by atoms with Crippen LogP contribution < -0.4 is 10.6 Å². The van der Waals surface area contributed by atoms with Crippen molar-refractivity contribution in [1.29, 1.82) is 0 Å². The maximum Gasteiger partial charge on any atom is 0.321 e. The predicted molar refractivity (Wildman–Crippen MR) is 96.1 cm³/mol. The van der Waals surface area contributed by atoms with Gasteiger partial charge in [-0.1, -0.05) is 44.7 Å². The van der Waals surface area contributed by atoms with Crippen molar-refractivity contribution in [3.8, 4) is 0 Å². The Labute approximate surface area is 149 Å². The van der Waals surface area contributed by atoms with Gasteiger partial charge in [0.2, 0.25) is 5.91 Å². The van der Waals surface area contributed by atoms with Crippen LogP contribution in [0.3, 0.4) is 0 Å². The quantitative estimate of drug-likeness (QED) is 0.809. The minimum atomic E-state index is -3.27. The predicted octanol–water partition coefficient (Wildman–Crippen LogP) is 2.60. The number of urea groups is 1. The van der Waals surface area contributed by atoms with Crippen molar-refractivity contribution >= 4 is 21.8 Å². The molecule has 1 aromatic carbocycles. The van der Waals surface area contributed by atoms with Crippen LogP contribution in [0.15, 0.2) is 29.2 Å². The Morgan fingerprint density at radius 3 is 2.28 bits per heavy atom. The number of carbonyl (C=O) groups excluding carboxylic acids is 2. The molecule has 3 amide bonds. The zero-order valence-corrected chi connectivity index (χ0v) is 15.6. The molecule has 6 nitrogen and oxygen atoms in total. The molecule has 25 heavy (non-hydrogen) atoms. The SMILES string of the molecule is CCS(=O)(=O)c1ccc(C(CC2CCCC2)C(=O)NC(=O)NC)cc1. The fourth-order valence-electron chi connectivity index (χ4n) is 3.31. The molecule has 1 aliphatic carbocycles. The molecule has 2 rings (SSSR count). The summed E-state index contributed by atoms with van der Waals surface area (Å²) in [6.45, 7) is 1.60. The first-order valence-corrected chi connectivity index (χ1v) is 10.4. The lowest BCUT2D eigenvalue weighted by Gasteiger charge is -2.20. The summed E-state index contributed by atoms with van der Waals surface area (Å²) in [5, 5.41) is 4.73. The molecule has 1 aliphatic rings. The van der Waals surface area contributed by atoms with E-state index >= 15 is 0 Å². The molecule has 0 aliphatic heterocycles. The first-order valence-electron chi connectivity index (χ1n) is 8.72. The van der Waals surface area contributed by atoms with E-state index in [1.54, 1.807) is 31.2 Å². The zero-order chi connectivity index (χ0) is 18.4. The van der Waals surface area contributed by atoms with Crippen molar-refractivity contribution in [2.24, 2.45) is 5.92 Å². The Bertz CT molecular complexity index is 707. The first kappa shape index (κ1) is 19.4. The van der Waals surface area contributed by atoms with Crippen LogP contribution in [0.1, 0.15) is 50.5 Å². The molecule has 2 N–H and O–H groups in total. The molecule has 0 spiro atoms. The van der Waals surface area contributed by atoms with E-state index in [0.717, 1.165) is 18.4 Å². The van der Waals surface area contributed by atoms with Crippen LogP contribution >= 0.6 is 0 Å². The van der Waals surface area contributed by atoms with Crippen LogP contribution in [0.4, 0.5) is 4.79 Å². The van der Waals surface area contributed by atoms with Gasteiger partial charge in [-0.05, 0) is 30.0 Å². The lowest BCUT2D eigenvalue weighted by molar-refractivity contribution is -0.121. The number of carbonyl (C=O) groups is 2. The first-order chi connectivity index (χ1) is 11.9. The fourth-order valence-corrected chi connectivity index (χ4v) is 4.19. The molecule has 7 heteroatoms. The zero-order valence-electron chi connectivity index (χ0n) is 14.7. The van der Waals surface area contributed by atoms with E-state index in [4.69, 9.17) is 0 Å². The van der Waals surface area contributed by atoms with Gasteiger partial charge in [0.15, 0.2) is 9.84 Å². The lowest BCUT2D eigenvalue weighted by atomic mass is 9.87. The number of sulfone groups is 1. The van der Waals surface area contributed by atoms with Crippen molar-refractivity contribution in [1.82, 2.24) is 10.6 Å². The van der Waals surface area contributed by atoms with Gasteiger partial charge in [-0.15, -0.1) is 0 Å². The number of hydrogen-bond acceptors (Lipinski definition) is 4. The van der Waals surface area contributed by atoms with Crippen LogP contribution in [0.2, 0.25) is 0 Å². The Hall–Kier alpha value is -1.89. The molecule has 1 unspecified atom stereocenters. The second-order valence-corrected chi connectivity index (χ2v) is 8.76. The summed E-state index contributed by atoms with van der Waals surface area (Å²) in [6.07, 6.45) is 5.19. The van der Waals surface area contributed by atoms with Gasteiger partial charge in [0.1, 0.15) is 0 Å². The molecule has 0 radical (unpaired) electrons. The maximum absolute atomic E-state index is 12.5. The third-order valence-corrected chi connectivity index (χ3v) is 6.60. The van der Waals surface area contributed by atoms with Gasteiger partial charge in [0, 0.05) is 7.05 Å². The van der Waals surface area contributed by atoms with Crippen LogP contribution in [0, 0.1) is 5.92 Å². The minimum Gasteiger partial charge on any atom is -0.341 e. The molecular formula is C18H26N2O4S. The standard InChI is InChI=1S/C18H26N2O4S/c1-3-25(23,24)15-10-8-14(9-11-15)16(12-13-6-4-5-7-13)17(21)20-18(22)19-2/h8-11,13,16H,3-7,12H2,1-2H3,(H2,19,20,21,22). The largest absolute Gasteiger partial charge is 0.341 e. The molecule has 138 valence electrons. The van der Waals surface area contributed by atoms with E-state index < -0.39 is 21.8 Å². The number of nitrogens with one attached hydrogen (secondary N) is 2. The molecule has 1 fully saturated rings. The average Bonchev–Trinajstić information content (AvgIpc) is 3.12. The summed E-state index contributed by atoms with van der Waals surface area (Å²) in [5.41, 5.74) is 0.739. The van der Waals surface area contributed by atoms with E-state index in [9.17, 15) is 18.0 Å². The lowest BCUT2D eigenvalue weighted by Crippen LogP contribution is -2.40. The van der Waals surface area contributed by atoms with Crippen LogP contribution in [0.25, 0.3) is 0 Å². The Balaban J connectivity index is 2.24. The van der Waals surface area contributed by atoms with Gasteiger partial charge in [0.25, 0.3) is 0 Å². The summed E-state index contributed by atoms with van der Waals surface area (Å²) in [6, 6.07) is 5.93. The van der Waals surface area contributed by atoms with Crippen molar-refractivity contribution < 1.29 is 18.0 Å². The number of imide groups is 1. The van der Waals surface area contributed by atoms with Crippen molar-refractivity contribution in [3.05, 3.63) is 29.8 Å². The highest BCUT2D eigenvalue weighted by atomic mass is 32.2. The van der Waals surface area contributed by atoms with E-state index in [0.29, 0.717) is 12.3 Å². The number of rotatable bonds is 6. The average molecular weight is 366 g/mol. The number of amides is 3. The minimum absolute atomic E-state index is 0.0367. The highest BCUT2D eigenvalue weighted by Gasteiger charge is 2.28. The Morgan fingerprint density at radius 1 is 1.16 bits per heavy atom. The van der Waals surface area contributed by atoms with Gasteiger partial charge in [-0.2, -0.15) is 0 Å². The number of hydrogen-bond donors (Lipinski definition) is 2. The van der Waals surface area contributed by atoms with Gasteiger partial charge < -0.3 is 5.32 Å². The summed E-state index contributed by atoms with van der Waals surface area (Å²) < 4.78 is 23.9. The molecule has 0 aromatic heterocycles. The van der Waals surface area contributed by atoms with Gasteiger partial charge in [-0.25, -0.2) is 13.2 Å². The van der Waals surface area contributed by atoms with Gasteiger partial charge in [-0.3, -0.25) is 10.1 Å². The highest BCUT2D eigenvalue weighted by molar-refractivity contribution is 7.91. The molecule has 0 saturated heterocycles. The van der Waals surface area contributed by atoms with Crippen molar-refractivity contribution in [2.75, 3.05) is 12.8 Å². The molecule has 1 atom stereocenters. The smallest absolute Gasteiger partial charge is 0.321 e. The maximum atomic E-state index is 12.5. The molecule has 1 saturated carbocycles. The van der Waals surface area contributed by atoms with Crippen LogP contribution in [-0.2, 0) is 14.6 Å². The van der Waals surface area contributed by atoms with Gasteiger partial charge in [0.05, 0.1) is 16.6 Å². The molecular weight excluding hydrogens is 340 g/mol. The Kier molecular flexibility index (Phi) is 6.58. The topological polar surface area (TPSA) is 92.3 Å². The summed E-state index contributed by atoms with van der Waals surface area (Å²) in [7, 11) is -1.81. The van der Waals surface area contributed by atoms with Crippen LogP contribution in [-0.4, -0.2) is 33.2 Å². The van der Waals surface area contributed by atoms with Crippen molar-refractivity contribution in [2.45, 2.75) is 49.8 Å². The third-order valence-electron chi connectivity index (χ3n) is 4.85. The molecule has 1 aromatic rings. The fraction of sp³-hybridized carbons (Fsp3) is 0.556. The van der Waals surface area contributed by atoms with Crippen molar-refractivity contribution in [3.63, 3.8) is 0 Å². The van der Waals surface area contributed by atoms with E-state index in [1.807, 2.05) is 0 Å². The van der Waals surface area contributed by atoms with Gasteiger partial charge >= 0.3 is 6.03 Å². The summed E-state index contributed by atoms with van der Waals surface area (Å²) in [5.74, 6) is -0.315. The van der Waals surface area contributed by atoms with Crippen LogP contribution in [0.5, 0.6) is 0 Å². The monoisotopic (exact) mass is 366 g/mol. The molecule has 0 heterocycles. The Morgan fingerprint density at radius 2 is 1.76 bits per heavy atom.